The van der Waals surface area contributed by atoms with Crippen LogP contribution in [-0.4, -0.2) is 31.8 Å². The first-order chi connectivity index (χ1) is 10.7. The minimum atomic E-state index is 0.144. The Labute approximate surface area is 129 Å². The van der Waals surface area contributed by atoms with Crippen LogP contribution < -0.4 is 0 Å². The summed E-state index contributed by atoms with van der Waals surface area (Å²) in [7, 11) is 0. The molecule has 5 heteroatoms. The molecule has 0 saturated carbocycles. The van der Waals surface area contributed by atoms with Gasteiger partial charge in [0.15, 0.2) is 0 Å². The Morgan fingerprint density at radius 1 is 1.32 bits per heavy atom. The molecule has 1 amide bonds. The van der Waals surface area contributed by atoms with Crippen molar-refractivity contribution in [3.05, 3.63) is 53.4 Å². The number of amides is 1. The number of nitrogens with zero attached hydrogens (tertiary/aromatic N) is 4. The van der Waals surface area contributed by atoms with E-state index in [0.29, 0.717) is 6.42 Å². The van der Waals surface area contributed by atoms with Crippen LogP contribution in [0.15, 0.2) is 30.6 Å². The highest BCUT2D eigenvalue weighted by Crippen LogP contribution is 2.43. The van der Waals surface area contributed by atoms with Crippen molar-refractivity contribution in [2.75, 3.05) is 0 Å². The van der Waals surface area contributed by atoms with Crippen molar-refractivity contribution < 1.29 is 4.79 Å². The second kappa shape index (κ2) is 5.16. The third kappa shape index (κ3) is 2.17. The monoisotopic (exact) mass is 294 g/mol. The molecule has 2 aliphatic heterocycles. The topological polar surface area (TPSA) is 59.0 Å². The number of hydrogen-bond donors (Lipinski definition) is 0. The summed E-state index contributed by atoms with van der Waals surface area (Å²) in [6.45, 7) is 1.92. The Morgan fingerprint density at radius 3 is 3.05 bits per heavy atom. The lowest BCUT2D eigenvalue weighted by Crippen LogP contribution is -2.43. The van der Waals surface area contributed by atoms with Gasteiger partial charge in [-0.25, -0.2) is 9.97 Å². The van der Waals surface area contributed by atoms with E-state index < -0.39 is 0 Å². The quantitative estimate of drug-likeness (QED) is 0.850. The number of aryl methyl sites for hydroxylation is 1. The van der Waals surface area contributed by atoms with E-state index >= 15 is 0 Å². The molecule has 112 valence electrons. The third-order valence-electron chi connectivity index (χ3n) is 4.66. The van der Waals surface area contributed by atoms with Crippen LogP contribution in [0.1, 0.15) is 41.7 Å². The largest absolute Gasteiger partial charge is 0.332 e. The van der Waals surface area contributed by atoms with Gasteiger partial charge in [0, 0.05) is 36.1 Å². The molecule has 2 aliphatic rings. The molecule has 0 aliphatic carbocycles. The molecule has 0 N–H and O–H groups in total. The lowest BCUT2D eigenvalue weighted by Gasteiger charge is -2.35. The van der Waals surface area contributed by atoms with Crippen molar-refractivity contribution in [1.82, 2.24) is 19.9 Å². The second-order valence-electron chi connectivity index (χ2n) is 6.07. The number of aromatic nitrogens is 3. The number of carbonyl (C=O) groups is 1. The first-order valence-corrected chi connectivity index (χ1v) is 7.76. The van der Waals surface area contributed by atoms with Crippen molar-refractivity contribution in [3.8, 4) is 0 Å². The van der Waals surface area contributed by atoms with Gasteiger partial charge in [-0.1, -0.05) is 6.07 Å². The van der Waals surface area contributed by atoms with Gasteiger partial charge in [-0.2, -0.15) is 0 Å². The highest BCUT2D eigenvalue weighted by atomic mass is 16.2. The number of pyridine rings is 1. The van der Waals surface area contributed by atoms with Crippen LogP contribution in [-0.2, 0) is 17.6 Å². The van der Waals surface area contributed by atoms with Crippen molar-refractivity contribution in [2.24, 2.45) is 0 Å². The number of hydrogen-bond acceptors (Lipinski definition) is 4. The van der Waals surface area contributed by atoms with Crippen LogP contribution >= 0.6 is 0 Å². The highest BCUT2D eigenvalue weighted by Gasteiger charge is 2.43. The van der Waals surface area contributed by atoms with Crippen LogP contribution in [0.2, 0.25) is 0 Å². The molecule has 1 saturated heterocycles. The summed E-state index contributed by atoms with van der Waals surface area (Å²) in [5, 5.41) is 0. The first-order valence-electron chi connectivity index (χ1n) is 7.76. The van der Waals surface area contributed by atoms with Gasteiger partial charge < -0.3 is 4.90 Å². The first kappa shape index (κ1) is 13.4. The fraction of sp³-hybridized carbons (Fsp3) is 0.412. The van der Waals surface area contributed by atoms with Gasteiger partial charge in [-0.05, 0) is 31.9 Å². The normalized spacial score (nSPS) is 22.5. The Balaban J connectivity index is 1.61. The van der Waals surface area contributed by atoms with Crippen molar-refractivity contribution in [3.63, 3.8) is 0 Å². The van der Waals surface area contributed by atoms with Crippen molar-refractivity contribution in [2.45, 2.75) is 44.7 Å². The molecule has 0 aromatic carbocycles. The molecule has 0 radical (unpaired) electrons. The summed E-state index contributed by atoms with van der Waals surface area (Å²) in [4.78, 5) is 28.0. The van der Waals surface area contributed by atoms with Gasteiger partial charge in [0.2, 0.25) is 5.91 Å². The molecule has 4 rings (SSSR count). The molecule has 22 heavy (non-hydrogen) atoms. The van der Waals surface area contributed by atoms with Gasteiger partial charge in [0.05, 0.1) is 18.2 Å². The average molecular weight is 294 g/mol. The molecule has 2 bridgehead atoms. The second-order valence-corrected chi connectivity index (χ2v) is 6.07. The van der Waals surface area contributed by atoms with Gasteiger partial charge in [0.25, 0.3) is 0 Å². The fourth-order valence-electron chi connectivity index (χ4n) is 3.71. The molecular formula is C17H18N4O. The molecule has 5 nitrogen and oxygen atoms in total. The molecule has 2 aromatic heterocycles. The lowest BCUT2D eigenvalue weighted by atomic mass is 9.98. The minimum absolute atomic E-state index is 0.144. The minimum Gasteiger partial charge on any atom is -0.332 e. The standard InChI is InChI=1S/C17H18N4O/c1-11-19-10-14-15(20-11)9-13-5-6-16(14)21(13)17(22)8-12-4-2-3-7-18-12/h2-4,7,10,13,16H,5-6,8-9H2,1H3/t13-,16-/m1/s1. The maximum absolute atomic E-state index is 12.8. The van der Waals surface area contributed by atoms with Crippen molar-refractivity contribution in [1.29, 1.82) is 0 Å². The van der Waals surface area contributed by atoms with Gasteiger partial charge in [-0.15, -0.1) is 0 Å². The SMILES string of the molecule is Cc1ncc2c(n1)C[C@H]1CC[C@H]2N1C(=O)Cc1ccccn1. The van der Waals surface area contributed by atoms with Crippen LogP contribution in [0.4, 0.5) is 0 Å². The summed E-state index contributed by atoms with van der Waals surface area (Å²) in [5.41, 5.74) is 3.09. The van der Waals surface area contributed by atoms with Gasteiger partial charge >= 0.3 is 0 Å². The van der Waals surface area contributed by atoms with E-state index in [0.717, 1.165) is 42.0 Å². The molecular weight excluding hydrogens is 276 g/mol. The summed E-state index contributed by atoms with van der Waals surface area (Å²) in [5.74, 6) is 0.976. The molecule has 2 aromatic rings. The van der Waals surface area contributed by atoms with E-state index in [1.54, 1.807) is 6.20 Å². The summed E-state index contributed by atoms with van der Waals surface area (Å²) in [6, 6.07) is 6.12. The molecule has 2 atom stereocenters. The highest BCUT2D eigenvalue weighted by molar-refractivity contribution is 5.80. The fourth-order valence-corrected chi connectivity index (χ4v) is 3.71. The van der Waals surface area contributed by atoms with Crippen LogP contribution in [0.25, 0.3) is 0 Å². The molecule has 1 fully saturated rings. The van der Waals surface area contributed by atoms with Crippen molar-refractivity contribution >= 4 is 5.91 Å². The predicted molar refractivity (Wildman–Crippen MR) is 81.0 cm³/mol. The third-order valence-corrected chi connectivity index (χ3v) is 4.66. The lowest BCUT2D eigenvalue weighted by molar-refractivity contribution is -0.134. The maximum Gasteiger partial charge on any atom is 0.229 e. The predicted octanol–water partition coefficient (Wildman–Crippen LogP) is 2.01. The van der Waals surface area contributed by atoms with E-state index in [4.69, 9.17) is 0 Å². The maximum atomic E-state index is 12.8. The molecule has 4 heterocycles. The van der Waals surface area contributed by atoms with Gasteiger partial charge in [0.1, 0.15) is 5.82 Å². The zero-order valence-corrected chi connectivity index (χ0v) is 12.6. The Morgan fingerprint density at radius 2 is 2.23 bits per heavy atom. The molecule has 0 unspecified atom stereocenters. The smallest absolute Gasteiger partial charge is 0.229 e. The van der Waals surface area contributed by atoms with E-state index in [1.165, 1.54) is 0 Å². The zero-order chi connectivity index (χ0) is 15.1. The number of carbonyl (C=O) groups excluding carboxylic acids is 1. The number of rotatable bonds is 2. The summed E-state index contributed by atoms with van der Waals surface area (Å²) < 4.78 is 0. The summed E-state index contributed by atoms with van der Waals surface area (Å²) >= 11 is 0. The number of fused-ring (bicyclic) bond motifs is 4. The summed E-state index contributed by atoms with van der Waals surface area (Å²) in [6.07, 6.45) is 6.93. The average Bonchev–Trinajstić information content (AvgIpc) is 2.84. The van der Waals surface area contributed by atoms with E-state index in [9.17, 15) is 4.79 Å². The van der Waals surface area contributed by atoms with Crippen LogP contribution in [0.5, 0.6) is 0 Å². The zero-order valence-electron chi connectivity index (χ0n) is 12.6. The molecule has 0 spiro atoms. The Hall–Kier alpha value is -2.30. The van der Waals surface area contributed by atoms with Crippen LogP contribution in [0, 0.1) is 6.92 Å². The van der Waals surface area contributed by atoms with E-state index in [-0.39, 0.29) is 18.0 Å². The van der Waals surface area contributed by atoms with E-state index in [1.807, 2.05) is 31.3 Å². The van der Waals surface area contributed by atoms with Crippen LogP contribution in [0.3, 0.4) is 0 Å². The Kier molecular flexibility index (Phi) is 3.13. The van der Waals surface area contributed by atoms with E-state index in [2.05, 4.69) is 19.9 Å². The van der Waals surface area contributed by atoms with Gasteiger partial charge in [-0.3, -0.25) is 9.78 Å². The Bertz CT molecular complexity index is 716.